The van der Waals surface area contributed by atoms with E-state index in [9.17, 15) is 9.90 Å². The first-order chi connectivity index (χ1) is 9.10. The van der Waals surface area contributed by atoms with E-state index in [1.54, 1.807) is 7.11 Å². The number of ether oxygens (including phenoxy) is 1. The molecule has 0 aromatic rings. The third kappa shape index (κ3) is 5.09. The summed E-state index contributed by atoms with van der Waals surface area (Å²) in [4.78, 5) is 14.2. The number of piperidine rings is 1. The topological polar surface area (TPSA) is 61.8 Å². The van der Waals surface area contributed by atoms with Crippen LogP contribution >= 0.6 is 0 Å². The second-order valence-corrected chi connectivity index (χ2v) is 5.33. The maximum absolute atomic E-state index is 12.0. The van der Waals surface area contributed by atoms with Gasteiger partial charge < -0.3 is 15.2 Å². The molecular formula is C14H28N2O3. The van der Waals surface area contributed by atoms with E-state index in [1.165, 1.54) is 0 Å². The molecule has 3 unspecified atom stereocenters. The van der Waals surface area contributed by atoms with Crippen molar-refractivity contribution in [3.8, 4) is 0 Å². The normalized spacial score (nSPS) is 26.1. The van der Waals surface area contributed by atoms with Crippen molar-refractivity contribution in [2.45, 2.75) is 45.3 Å². The smallest absolute Gasteiger partial charge is 0.237 e. The summed E-state index contributed by atoms with van der Waals surface area (Å²) in [6, 6.07) is -0.121. The van der Waals surface area contributed by atoms with E-state index in [0.29, 0.717) is 13.2 Å². The molecule has 5 heteroatoms. The first-order valence-electron chi connectivity index (χ1n) is 7.28. The number of carbonyl (C=O) groups is 1. The Balaban J connectivity index is 2.35. The summed E-state index contributed by atoms with van der Waals surface area (Å²) in [6.45, 7) is 6.96. The van der Waals surface area contributed by atoms with Crippen molar-refractivity contribution in [1.82, 2.24) is 10.2 Å². The number of carbonyl (C=O) groups excluding carboxylic acids is 1. The van der Waals surface area contributed by atoms with Crippen LogP contribution in [0.15, 0.2) is 0 Å². The number of nitrogens with one attached hydrogen (secondary N) is 1. The Morgan fingerprint density at radius 3 is 2.95 bits per heavy atom. The monoisotopic (exact) mass is 272 g/mol. The van der Waals surface area contributed by atoms with Crippen LogP contribution < -0.4 is 5.32 Å². The lowest BCUT2D eigenvalue weighted by molar-refractivity contribution is -0.127. The maximum atomic E-state index is 12.0. The minimum absolute atomic E-state index is 0.0716. The first kappa shape index (κ1) is 16.4. The van der Waals surface area contributed by atoms with Crippen LogP contribution in [-0.2, 0) is 9.53 Å². The Hall–Kier alpha value is -0.650. The molecule has 1 aliphatic rings. The second kappa shape index (κ2) is 8.51. The Bertz CT molecular complexity index is 273. The largest absolute Gasteiger partial charge is 0.393 e. The van der Waals surface area contributed by atoms with E-state index in [-0.39, 0.29) is 24.0 Å². The van der Waals surface area contributed by atoms with Gasteiger partial charge in [-0.15, -0.1) is 0 Å². The molecule has 1 saturated heterocycles. The third-order valence-electron chi connectivity index (χ3n) is 4.00. The van der Waals surface area contributed by atoms with Gasteiger partial charge in [0.15, 0.2) is 0 Å². The lowest BCUT2D eigenvalue weighted by Crippen LogP contribution is -2.52. The summed E-state index contributed by atoms with van der Waals surface area (Å²) in [5, 5.41) is 12.8. The predicted molar refractivity (Wildman–Crippen MR) is 74.9 cm³/mol. The van der Waals surface area contributed by atoms with Crippen LogP contribution in [0.5, 0.6) is 0 Å². The zero-order valence-corrected chi connectivity index (χ0v) is 12.4. The van der Waals surface area contributed by atoms with E-state index in [2.05, 4.69) is 17.1 Å². The van der Waals surface area contributed by atoms with Gasteiger partial charge in [0, 0.05) is 33.4 Å². The molecule has 1 rings (SSSR count). The molecule has 1 aliphatic heterocycles. The van der Waals surface area contributed by atoms with E-state index >= 15 is 0 Å². The molecule has 2 N–H and O–H groups in total. The van der Waals surface area contributed by atoms with Crippen LogP contribution in [-0.4, -0.2) is 61.4 Å². The number of methoxy groups -OCH3 is 1. The zero-order chi connectivity index (χ0) is 14.3. The molecule has 112 valence electrons. The lowest BCUT2D eigenvalue weighted by Gasteiger charge is -2.38. The Labute approximate surface area is 116 Å². The van der Waals surface area contributed by atoms with Crippen LogP contribution in [0.1, 0.15) is 33.1 Å². The molecule has 1 heterocycles. The van der Waals surface area contributed by atoms with Crippen molar-refractivity contribution in [3.63, 3.8) is 0 Å². The zero-order valence-electron chi connectivity index (χ0n) is 12.4. The fourth-order valence-electron chi connectivity index (χ4n) is 2.54. The average molecular weight is 272 g/mol. The summed E-state index contributed by atoms with van der Waals surface area (Å²) >= 11 is 0. The van der Waals surface area contributed by atoms with Crippen LogP contribution in [0.25, 0.3) is 0 Å². The Morgan fingerprint density at radius 2 is 2.32 bits per heavy atom. The molecule has 3 atom stereocenters. The number of likely N-dealkylation sites (tertiary alicyclic amines) is 1. The first-order valence-corrected chi connectivity index (χ1v) is 7.28. The summed E-state index contributed by atoms with van der Waals surface area (Å²) in [5.41, 5.74) is 0. The van der Waals surface area contributed by atoms with Gasteiger partial charge in [-0.1, -0.05) is 6.92 Å². The minimum atomic E-state index is -0.210. The van der Waals surface area contributed by atoms with E-state index in [0.717, 1.165) is 32.4 Å². The van der Waals surface area contributed by atoms with Gasteiger partial charge in [-0.25, -0.2) is 0 Å². The third-order valence-corrected chi connectivity index (χ3v) is 4.00. The number of aliphatic hydroxyl groups excluding tert-OH is 1. The van der Waals surface area contributed by atoms with Crippen molar-refractivity contribution in [2.75, 3.05) is 33.4 Å². The van der Waals surface area contributed by atoms with Crippen molar-refractivity contribution < 1.29 is 14.6 Å². The molecule has 0 aromatic carbocycles. The van der Waals surface area contributed by atoms with Gasteiger partial charge in [0.05, 0.1) is 12.1 Å². The highest BCUT2D eigenvalue weighted by Crippen LogP contribution is 2.21. The number of amides is 1. The molecule has 0 saturated carbocycles. The minimum Gasteiger partial charge on any atom is -0.393 e. The number of rotatable bonds is 7. The second-order valence-electron chi connectivity index (χ2n) is 5.33. The standard InChI is InChI=1S/C14H28N2O3/c1-4-12-10-16(8-6-13(12)17)11(2)14(18)15-7-5-9-19-3/h11-13,17H,4-10H2,1-3H3,(H,15,18). The lowest BCUT2D eigenvalue weighted by atomic mass is 9.91. The molecule has 0 spiro atoms. The summed E-state index contributed by atoms with van der Waals surface area (Å²) in [7, 11) is 1.66. The highest BCUT2D eigenvalue weighted by Gasteiger charge is 2.31. The molecule has 1 amide bonds. The van der Waals surface area contributed by atoms with Crippen molar-refractivity contribution >= 4 is 5.91 Å². The van der Waals surface area contributed by atoms with Crippen molar-refractivity contribution in [3.05, 3.63) is 0 Å². The van der Waals surface area contributed by atoms with Gasteiger partial charge >= 0.3 is 0 Å². The Kier molecular flexibility index (Phi) is 7.34. The quantitative estimate of drug-likeness (QED) is 0.667. The summed E-state index contributed by atoms with van der Waals surface area (Å²) in [5.74, 6) is 0.361. The van der Waals surface area contributed by atoms with E-state index in [1.807, 2.05) is 6.92 Å². The van der Waals surface area contributed by atoms with Gasteiger partial charge in [-0.3, -0.25) is 9.69 Å². The summed E-state index contributed by atoms with van der Waals surface area (Å²) in [6.07, 6.45) is 2.35. The molecule has 0 aliphatic carbocycles. The molecule has 0 radical (unpaired) electrons. The molecule has 0 bridgehead atoms. The number of aliphatic hydroxyl groups is 1. The molecule has 1 fully saturated rings. The van der Waals surface area contributed by atoms with E-state index in [4.69, 9.17) is 4.74 Å². The van der Waals surface area contributed by atoms with Gasteiger partial charge in [-0.05, 0) is 32.1 Å². The van der Waals surface area contributed by atoms with Crippen molar-refractivity contribution in [1.29, 1.82) is 0 Å². The fourth-order valence-corrected chi connectivity index (χ4v) is 2.54. The number of nitrogens with zero attached hydrogens (tertiary/aromatic N) is 1. The van der Waals surface area contributed by atoms with Gasteiger partial charge in [0.1, 0.15) is 0 Å². The van der Waals surface area contributed by atoms with Crippen LogP contribution in [0.3, 0.4) is 0 Å². The van der Waals surface area contributed by atoms with Crippen LogP contribution in [0.2, 0.25) is 0 Å². The average Bonchev–Trinajstić information content (AvgIpc) is 2.43. The molecule has 0 aromatic heterocycles. The SMILES string of the molecule is CCC1CN(C(C)C(=O)NCCCOC)CCC1O. The van der Waals surface area contributed by atoms with Crippen LogP contribution in [0.4, 0.5) is 0 Å². The Morgan fingerprint density at radius 1 is 1.58 bits per heavy atom. The van der Waals surface area contributed by atoms with Crippen LogP contribution in [0, 0.1) is 5.92 Å². The molecule has 5 nitrogen and oxygen atoms in total. The van der Waals surface area contributed by atoms with Gasteiger partial charge in [0.2, 0.25) is 5.91 Å². The number of hydrogen-bond acceptors (Lipinski definition) is 4. The fraction of sp³-hybridized carbons (Fsp3) is 0.929. The van der Waals surface area contributed by atoms with Gasteiger partial charge in [-0.2, -0.15) is 0 Å². The maximum Gasteiger partial charge on any atom is 0.237 e. The van der Waals surface area contributed by atoms with E-state index < -0.39 is 0 Å². The number of hydrogen-bond donors (Lipinski definition) is 2. The highest BCUT2D eigenvalue weighted by molar-refractivity contribution is 5.81. The van der Waals surface area contributed by atoms with Gasteiger partial charge in [0.25, 0.3) is 0 Å². The highest BCUT2D eigenvalue weighted by atomic mass is 16.5. The predicted octanol–water partition coefficient (Wildman–Crippen LogP) is 0.620. The molecular weight excluding hydrogens is 244 g/mol. The summed E-state index contributed by atoms with van der Waals surface area (Å²) < 4.78 is 4.95. The molecule has 19 heavy (non-hydrogen) atoms. The van der Waals surface area contributed by atoms with Crippen molar-refractivity contribution in [2.24, 2.45) is 5.92 Å².